The first-order valence-corrected chi connectivity index (χ1v) is 15.8. The normalized spacial score (nSPS) is 13.0. The minimum atomic E-state index is -0.456. The molecule has 1 fully saturated rings. The summed E-state index contributed by atoms with van der Waals surface area (Å²) in [5.74, 6) is 0.923. The number of aromatic nitrogens is 4. The van der Waals surface area contributed by atoms with Crippen LogP contribution in [-0.2, 0) is 22.7 Å². The van der Waals surface area contributed by atoms with E-state index >= 15 is 0 Å². The molecular weight excluding hydrogens is 588 g/mol. The molecule has 0 saturated carbocycles. The van der Waals surface area contributed by atoms with E-state index in [1.54, 1.807) is 12.4 Å². The third-order valence-corrected chi connectivity index (χ3v) is 8.70. The second-order valence-electron chi connectivity index (χ2n) is 11.9. The van der Waals surface area contributed by atoms with Gasteiger partial charge in [-0.2, -0.15) is 0 Å². The van der Waals surface area contributed by atoms with Gasteiger partial charge in [-0.25, -0.2) is 9.97 Å². The summed E-state index contributed by atoms with van der Waals surface area (Å²) in [5.41, 5.74) is 15.2. The summed E-state index contributed by atoms with van der Waals surface area (Å²) < 4.78 is 5.17. The lowest BCUT2D eigenvalue weighted by Crippen LogP contribution is -2.36. The highest BCUT2D eigenvalue weighted by atomic mass is 16.5. The fourth-order valence-corrected chi connectivity index (χ4v) is 5.96. The molecule has 4 aromatic heterocycles. The van der Waals surface area contributed by atoms with E-state index < -0.39 is 5.97 Å². The lowest BCUT2D eigenvalue weighted by atomic mass is 9.94. The van der Waals surface area contributed by atoms with Gasteiger partial charge in [-0.1, -0.05) is 24.3 Å². The molecule has 0 unspecified atom stereocenters. The van der Waals surface area contributed by atoms with E-state index in [9.17, 15) is 4.79 Å². The van der Waals surface area contributed by atoms with Crippen molar-refractivity contribution in [2.24, 2.45) is 5.73 Å². The zero-order valence-corrected chi connectivity index (χ0v) is 26.5. The van der Waals surface area contributed by atoms with Crippen LogP contribution in [0.5, 0.6) is 0 Å². The number of ether oxygens (including phenoxy) is 1. The van der Waals surface area contributed by atoms with Crippen molar-refractivity contribution in [2.45, 2.75) is 33.4 Å². The molecule has 0 spiro atoms. The quantitative estimate of drug-likeness (QED) is 0.144. The molecule has 0 radical (unpaired) electrons. The van der Waals surface area contributed by atoms with Crippen molar-refractivity contribution in [2.75, 3.05) is 30.3 Å². The van der Waals surface area contributed by atoms with E-state index in [1.165, 1.54) is 12.0 Å². The number of likely N-dealkylation sites (tertiary alicyclic amines) is 1. The van der Waals surface area contributed by atoms with Crippen molar-refractivity contribution in [3.05, 3.63) is 108 Å². The van der Waals surface area contributed by atoms with Crippen LogP contribution in [0.25, 0.3) is 32.9 Å². The lowest BCUT2D eigenvalue weighted by Gasteiger charge is -2.30. The van der Waals surface area contributed by atoms with E-state index in [0.717, 1.165) is 86.5 Å². The van der Waals surface area contributed by atoms with Gasteiger partial charge in [-0.3, -0.25) is 19.7 Å². The number of nitrogens with two attached hydrogens (primary N) is 1. The van der Waals surface area contributed by atoms with Crippen LogP contribution in [0.2, 0.25) is 0 Å². The third-order valence-electron chi connectivity index (χ3n) is 8.70. The molecule has 10 heteroatoms. The Hall–Kier alpha value is -5.45. The van der Waals surface area contributed by atoms with E-state index in [0.29, 0.717) is 5.82 Å². The number of esters is 1. The first kappa shape index (κ1) is 30.2. The van der Waals surface area contributed by atoms with Crippen molar-refractivity contribution in [3.8, 4) is 11.1 Å². The molecule has 236 valence electrons. The van der Waals surface area contributed by atoms with Crippen molar-refractivity contribution in [3.63, 3.8) is 0 Å². The van der Waals surface area contributed by atoms with Gasteiger partial charge in [0, 0.05) is 59.0 Å². The minimum Gasteiger partial charge on any atom is -0.460 e. The molecule has 1 aliphatic rings. The Morgan fingerprint density at radius 2 is 1.34 bits per heavy atom. The number of anilines is 4. The summed E-state index contributed by atoms with van der Waals surface area (Å²) in [6.07, 6.45) is 8.51. The van der Waals surface area contributed by atoms with Gasteiger partial charge in [-0.05, 0) is 97.6 Å². The number of nitrogens with zero attached hydrogens (tertiary/aromatic N) is 5. The molecule has 7 rings (SSSR count). The fraction of sp³-hybridized carbons (Fsp3) is 0.216. The maximum Gasteiger partial charge on any atom is 0.320 e. The lowest BCUT2D eigenvalue weighted by molar-refractivity contribution is -0.143. The number of carbonyl (C=O) groups excluding carboxylic acids is 1. The summed E-state index contributed by atoms with van der Waals surface area (Å²) >= 11 is 0. The molecule has 5 heterocycles. The summed E-state index contributed by atoms with van der Waals surface area (Å²) in [5, 5.41) is 9.04. The van der Waals surface area contributed by atoms with Gasteiger partial charge in [-0.15, -0.1) is 0 Å². The average molecular weight is 625 g/mol. The van der Waals surface area contributed by atoms with Crippen molar-refractivity contribution < 1.29 is 9.53 Å². The monoisotopic (exact) mass is 624 g/mol. The number of hydrogen-bond acceptors (Lipinski definition) is 10. The van der Waals surface area contributed by atoms with Gasteiger partial charge in [0.15, 0.2) is 11.6 Å². The van der Waals surface area contributed by atoms with E-state index in [2.05, 4.69) is 74.7 Å². The van der Waals surface area contributed by atoms with Crippen LogP contribution in [0, 0.1) is 13.8 Å². The molecular formula is C37H36N8O2. The highest BCUT2D eigenvalue weighted by Crippen LogP contribution is 2.36. The molecule has 0 bridgehead atoms. The zero-order valence-electron chi connectivity index (χ0n) is 26.5. The Morgan fingerprint density at radius 3 is 1.87 bits per heavy atom. The molecule has 6 aromatic rings. The molecule has 1 saturated heterocycles. The maximum absolute atomic E-state index is 11.5. The molecule has 1 aliphatic heterocycles. The Labute approximate surface area is 273 Å². The Balaban J connectivity index is 1.15. The number of rotatable bonds is 10. The van der Waals surface area contributed by atoms with Crippen molar-refractivity contribution in [1.29, 1.82) is 0 Å². The van der Waals surface area contributed by atoms with Crippen LogP contribution < -0.4 is 16.4 Å². The summed E-state index contributed by atoms with van der Waals surface area (Å²) in [6, 6.07) is 20.6. The van der Waals surface area contributed by atoms with Crippen LogP contribution in [0.3, 0.4) is 0 Å². The first-order valence-electron chi connectivity index (χ1n) is 15.8. The number of benzene rings is 2. The molecule has 0 atom stereocenters. The summed E-state index contributed by atoms with van der Waals surface area (Å²) in [6.45, 7) is 7.44. The second-order valence-corrected chi connectivity index (χ2v) is 11.9. The van der Waals surface area contributed by atoms with Crippen LogP contribution in [0.1, 0.15) is 28.7 Å². The van der Waals surface area contributed by atoms with Gasteiger partial charge in [0.05, 0.1) is 6.54 Å². The van der Waals surface area contributed by atoms with E-state index in [4.69, 9.17) is 15.5 Å². The van der Waals surface area contributed by atoms with Gasteiger partial charge in [0.2, 0.25) is 0 Å². The maximum atomic E-state index is 11.5. The van der Waals surface area contributed by atoms with Gasteiger partial charge in [0.25, 0.3) is 0 Å². The fourth-order valence-electron chi connectivity index (χ4n) is 5.96. The zero-order chi connectivity index (χ0) is 32.3. The molecule has 4 N–H and O–H groups in total. The smallest absolute Gasteiger partial charge is 0.320 e. The summed E-state index contributed by atoms with van der Waals surface area (Å²) in [7, 11) is 0. The first-order chi connectivity index (χ1) is 23.0. The molecule has 10 nitrogen and oxygen atoms in total. The van der Waals surface area contributed by atoms with Crippen LogP contribution in [0.15, 0.2) is 85.5 Å². The predicted molar refractivity (Wildman–Crippen MR) is 186 cm³/mol. The van der Waals surface area contributed by atoms with Gasteiger partial charge >= 0.3 is 5.97 Å². The van der Waals surface area contributed by atoms with Crippen LogP contribution in [0.4, 0.5) is 23.0 Å². The number of carbonyl (C=O) groups is 1. The number of fused-ring (bicyclic) bond motifs is 2. The largest absolute Gasteiger partial charge is 0.460 e. The Kier molecular flexibility index (Phi) is 8.43. The predicted octanol–water partition coefficient (Wildman–Crippen LogP) is 6.55. The number of hydrogen-bond donors (Lipinski definition) is 3. The van der Waals surface area contributed by atoms with Crippen LogP contribution in [-0.4, -0.2) is 50.4 Å². The van der Waals surface area contributed by atoms with Crippen molar-refractivity contribution >= 4 is 50.8 Å². The highest BCUT2D eigenvalue weighted by Gasteiger charge is 2.16. The Morgan fingerprint density at radius 1 is 0.787 bits per heavy atom. The second kappa shape index (κ2) is 13.1. The molecule has 2 aromatic carbocycles. The highest BCUT2D eigenvalue weighted by molar-refractivity contribution is 5.92. The topological polar surface area (TPSA) is 131 Å². The third kappa shape index (κ3) is 6.33. The van der Waals surface area contributed by atoms with Gasteiger partial charge < -0.3 is 21.1 Å². The van der Waals surface area contributed by atoms with E-state index in [1.807, 2.05) is 42.7 Å². The Bertz CT molecular complexity index is 2110. The average Bonchev–Trinajstić information content (AvgIpc) is 3.07. The molecule has 0 aliphatic carbocycles. The van der Waals surface area contributed by atoms with Crippen molar-refractivity contribution in [1.82, 2.24) is 24.8 Å². The summed E-state index contributed by atoms with van der Waals surface area (Å²) in [4.78, 5) is 32.6. The number of nitrogens with one attached hydrogen (secondary N) is 2. The molecule has 0 amide bonds. The standard InChI is InChI=1S/C37H36N8O2/c1-23-29(6-3-8-31(23)43-36-34-27(10-12-39-36)16-25(19-41-34)21-45-14-5-15-45)30-7-4-9-32(24(30)2)44-37-35-28(11-13-40-37)17-26(20-42-35)22-47-33(46)18-38/h3-4,6-13,16-17,19-20H,5,14-15,18,21-22,38H2,1-2H3,(H,39,43)(H,40,44). The molecule has 47 heavy (non-hydrogen) atoms. The van der Waals surface area contributed by atoms with Crippen LogP contribution >= 0.6 is 0 Å². The number of pyridine rings is 4. The van der Waals surface area contributed by atoms with E-state index in [-0.39, 0.29) is 13.2 Å². The van der Waals surface area contributed by atoms with Gasteiger partial charge in [0.1, 0.15) is 17.6 Å². The minimum absolute atomic E-state index is 0.116. The SMILES string of the molecule is Cc1c(Nc2nccc3cc(COC(=O)CN)cnc23)cccc1-c1cccc(Nc2nccc3cc(CN4CCC4)cnc23)c1C.